The van der Waals surface area contributed by atoms with Crippen LogP contribution in [0.2, 0.25) is 0 Å². The number of hydrogen-bond acceptors (Lipinski definition) is 5. The number of aromatic nitrogens is 4. The minimum Gasteiger partial charge on any atom is -0.497 e. The van der Waals surface area contributed by atoms with E-state index < -0.39 is 0 Å². The summed E-state index contributed by atoms with van der Waals surface area (Å²) >= 11 is 0. The monoisotopic (exact) mass is 275 g/mol. The van der Waals surface area contributed by atoms with Gasteiger partial charge in [0.1, 0.15) is 5.75 Å². The fraction of sp³-hybridized carbons (Fsp3) is 0.500. The standard InChI is InChI=1S/C14H21N5O/c1-10(2)15-9-14-16-17-18-19(14)11(3)12-5-7-13(20-4)8-6-12/h5-8,10-11,15H,9H2,1-4H3. The van der Waals surface area contributed by atoms with Gasteiger partial charge in [-0.25, -0.2) is 4.68 Å². The molecular weight excluding hydrogens is 254 g/mol. The van der Waals surface area contributed by atoms with Crippen molar-refractivity contribution in [3.8, 4) is 5.75 Å². The summed E-state index contributed by atoms with van der Waals surface area (Å²) in [4.78, 5) is 0. The maximum Gasteiger partial charge on any atom is 0.165 e. The predicted molar refractivity (Wildman–Crippen MR) is 76.6 cm³/mol. The molecule has 0 radical (unpaired) electrons. The number of benzene rings is 1. The first-order valence-corrected chi connectivity index (χ1v) is 6.76. The molecule has 1 atom stereocenters. The van der Waals surface area contributed by atoms with E-state index in [9.17, 15) is 0 Å². The molecule has 20 heavy (non-hydrogen) atoms. The summed E-state index contributed by atoms with van der Waals surface area (Å²) in [6, 6.07) is 8.44. The number of methoxy groups -OCH3 is 1. The van der Waals surface area contributed by atoms with Crippen LogP contribution in [0.5, 0.6) is 5.75 Å². The average molecular weight is 275 g/mol. The smallest absolute Gasteiger partial charge is 0.165 e. The Kier molecular flexibility index (Phi) is 4.68. The minimum atomic E-state index is 0.0832. The van der Waals surface area contributed by atoms with E-state index in [2.05, 4.69) is 41.6 Å². The molecule has 6 nitrogen and oxygen atoms in total. The molecule has 1 N–H and O–H groups in total. The Balaban J connectivity index is 2.15. The van der Waals surface area contributed by atoms with E-state index in [0.717, 1.165) is 17.1 Å². The molecule has 2 rings (SSSR count). The maximum atomic E-state index is 5.17. The Bertz CT molecular complexity index is 535. The normalized spacial score (nSPS) is 12.7. The van der Waals surface area contributed by atoms with Gasteiger partial charge in [-0.05, 0) is 35.0 Å². The fourth-order valence-electron chi connectivity index (χ4n) is 1.95. The highest BCUT2D eigenvalue weighted by Gasteiger charge is 2.14. The van der Waals surface area contributed by atoms with E-state index in [4.69, 9.17) is 4.74 Å². The first-order valence-electron chi connectivity index (χ1n) is 6.76. The van der Waals surface area contributed by atoms with Gasteiger partial charge in [-0.1, -0.05) is 26.0 Å². The van der Waals surface area contributed by atoms with Crippen molar-refractivity contribution < 1.29 is 4.74 Å². The van der Waals surface area contributed by atoms with E-state index in [-0.39, 0.29) is 6.04 Å². The molecule has 0 saturated heterocycles. The Morgan fingerprint density at radius 3 is 2.50 bits per heavy atom. The number of ether oxygens (including phenoxy) is 1. The highest BCUT2D eigenvalue weighted by molar-refractivity contribution is 5.29. The van der Waals surface area contributed by atoms with Crippen LogP contribution in [0.3, 0.4) is 0 Å². The van der Waals surface area contributed by atoms with E-state index in [1.54, 1.807) is 7.11 Å². The SMILES string of the molecule is COc1ccc(C(C)n2nnnc2CNC(C)C)cc1. The zero-order valence-electron chi connectivity index (χ0n) is 12.4. The third-order valence-electron chi connectivity index (χ3n) is 3.19. The zero-order valence-corrected chi connectivity index (χ0v) is 12.4. The highest BCUT2D eigenvalue weighted by atomic mass is 16.5. The maximum absolute atomic E-state index is 5.17. The molecule has 0 aliphatic carbocycles. The summed E-state index contributed by atoms with van der Waals surface area (Å²) < 4.78 is 7.02. The van der Waals surface area contributed by atoms with E-state index in [0.29, 0.717) is 12.6 Å². The van der Waals surface area contributed by atoms with Gasteiger partial charge in [-0.15, -0.1) is 5.10 Å². The third-order valence-corrected chi connectivity index (χ3v) is 3.19. The van der Waals surface area contributed by atoms with Crippen molar-refractivity contribution in [1.82, 2.24) is 25.5 Å². The van der Waals surface area contributed by atoms with Crippen LogP contribution >= 0.6 is 0 Å². The van der Waals surface area contributed by atoms with Crippen LogP contribution in [0, 0.1) is 0 Å². The van der Waals surface area contributed by atoms with Crippen molar-refractivity contribution >= 4 is 0 Å². The molecule has 2 aromatic rings. The van der Waals surface area contributed by atoms with E-state index in [1.165, 1.54) is 0 Å². The van der Waals surface area contributed by atoms with Crippen LogP contribution in [-0.4, -0.2) is 33.4 Å². The van der Waals surface area contributed by atoms with Crippen molar-refractivity contribution in [1.29, 1.82) is 0 Å². The van der Waals surface area contributed by atoms with Gasteiger partial charge in [0.05, 0.1) is 19.7 Å². The Hall–Kier alpha value is -1.95. The molecule has 0 spiro atoms. The average Bonchev–Trinajstić information content (AvgIpc) is 2.93. The summed E-state index contributed by atoms with van der Waals surface area (Å²) in [6.07, 6.45) is 0. The van der Waals surface area contributed by atoms with Gasteiger partial charge in [-0.2, -0.15) is 0 Å². The quantitative estimate of drug-likeness (QED) is 0.870. The van der Waals surface area contributed by atoms with Crippen LogP contribution in [0.1, 0.15) is 38.2 Å². The van der Waals surface area contributed by atoms with Gasteiger partial charge in [0.25, 0.3) is 0 Å². The molecule has 6 heteroatoms. The second-order valence-corrected chi connectivity index (χ2v) is 5.02. The molecule has 0 aliphatic heterocycles. The van der Waals surface area contributed by atoms with Gasteiger partial charge >= 0.3 is 0 Å². The number of nitrogens with one attached hydrogen (secondary N) is 1. The molecule has 108 valence electrons. The van der Waals surface area contributed by atoms with Gasteiger partial charge < -0.3 is 10.1 Å². The first-order chi connectivity index (χ1) is 9.61. The Morgan fingerprint density at radius 1 is 1.20 bits per heavy atom. The van der Waals surface area contributed by atoms with Crippen molar-refractivity contribution in [3.05, 3.63) is 35.7 Å². The molecule has 0 bridgehead atoms. The Labute approximate surface area is 119 Å². The van der Waals surface area contributed by atoms with Crippen LogP contribution in [0.4, 0.5) is 0 Å². The van der Waals surface area contributed by atoms with Crippen LogP contribution in [-0.2, 0) is 6.54 Å². The molecular formula is C14H21N5O. The lowest BCUT2D eigenvalue weighted by Gasteiger charge is -2.15. The summed E-state index contributed by atoms with van der Waals surface area (Å²) in [7, 11) is 1.66. The molecule has 1 aromatic heterocycles. The second kappa shape index (κ2) is 6.47. The fourth-order valence-corrected chi connectivity index (χ4v) is 1.95. The molecule has 1 aromatic carbocycles. The van der Waals surface area contributed by atoms with Crippen LogP contribution < -0.4 is 10.1 Å². The summed E-state index contributed by atoms with van der Waals surface area (Å²) in [5.41, 5.74) is 1.14. The van der Waals surface area contributed by atoms with Gasteiger partial charge in [-0.3, -0.25) is 0 Å². The van der Waals surface area contributed by atoms with Crippen molar-refractivity contribution in [2.75, 3.05) is 7.11 Å². The van der Waals surface area contributed by atoms with Crippen LogP contribution in [0.25, 0.3) is 0 Å². The number of rotatable bonds is 6. The molecule has 0 amide bonds. The lowest BCUT2D eigenvalue weighted by molar-refractivity contribution is 0.414. The number of tetrazole rings is 1. The van der Waals surface area contributed by atoms with Gasteiger partial charge in [0.2, 0.25) is 0 Å². The summed E-state index contributed by atoms with van der Waals surface area (Å²) in [6.45, 7) is 6.93. The Morgan fingerprint density at radius 2 is 1.90 bits per heavy atom. The zero-order chi connectivity index (χ0) is 14.5. The lowest BCUT2D eigenvalue weighted by Crippen LogP contribution is -2.25. The summed E-state index contributed by atoms with van der Waals surface area (Å²) in [5, 5.41) is 15.3. The van der Waals surface area contributed by atoms with Gasteiger partial charge in [0, 0.05) is 6.04 Å². The predicted octanol–water partition coefficient (Wildman–Crippen LogP) is 1.79. The van der Waals surface area contributed by atoms with Crippen molar-refractivity contribution in [3.63, 3.8) is 0 Å². The highest BCUT2D eigenvalue weighted by Crippen LogP contribution is 2.20. The number of nitrogens with zero attached hydrogens (tertiary/aromatic N) is 4. The van der Waals surface area contributed by atoms with E-state index in [1.807, 2.05) is 28.9 Å². The number of hydrogen-bond donors (Lipinski definition) is 1. The molecule has 1 unspecified atom stereocenters. The van der Waals surface area contributed by atoms with Crippen LogP contribution in [0.15, 0.2) is 24.3 Å². The molecule has 1 heterocycles. The van der Waals surface area contributed by atoms with Crippen molar-refractivity contribution in [2.24, 2.45) is 0 Å². The molecule has 0 aliphatic rings. The third kappa shape index (κ3) is 3.33. The summed E-state index contributed by atoms with van der Waals surface area (Å²) in [5.74, 6) is 1.68. The molecule has 0 saturated carbocycles. The second-order valence-electron chi connectivity index (χ2n) is 5.02. The van der Waals surface area contributed by atoms with E-state index >= 15 is 0 Å². The molecule has 0 fully saturated rings. The minimum absolute atomic E-state index is 0.0832. The first kappa shape index (κ1) is 14.5. The lowest BCUT2D eigenvalue weighted by atomic mass is 10.1. The topological polar surface area (TPSA) is 64.9 Å². The largest absolute Gasteiger partial charge is 0.497 e. The van der Waals surface area contributed by atoms with Crippen molar-refractivity contribution in [2.45, 2.75) is 39.4 Å². The van der Waals surface area contributed by atoms with Gasteiger partial charge in [0.15, 0.2) is 5.82 Å².